The second kappa shape index (κ2) is 12.0. The quantitative estimate of drug-likeness (QED) is 0.368. The molecule has 118 valence electrons. The van der Waals surface area contributed by atoms with Crippen LogP contribution >= 0.6 is 0 Å². The fraction of sp³-hybridized carbons (Fsp3) is 0.938. The summed E-state index contributed by atoms with van der Waals surface area (Å²) in [6.07, 6.45) is 10.7. The van der Waals surface area contributed by atoms with Crippen LogP contribution in [-0.4, -0.2) is 39.3 Å². The first kappa shape index (κ1) is 17.3. The molecule has 1 fully saturated rings. The molecule has 4 heteroatoms. The van der Waals surface area contributed by atoms with Crippen molar-refractivity contribution in [1.82, 2.24) is 10.6 Å². The summed E-state index contributed by atoms with van der Waals surface area (Å²) in [5, 5.41) is 6.76. The molecule has 1 rings (SSSR count). The Morgan fingerprint density at radius 2 is 1.80 bits per heavy atom. The van der Waals surface area contributed by atoms with Crippen LogP contribution in [0.2, 0.25) is 0 Å². The second-order valence-electron chi connectivity index (χ2n) is 5.62. The lowest BCUT2D eigenvalue weighted by Crippen LogP contribution is -2.38. The number of guanidine groups is 1. The smallest absolute Gasteiger partial charge is 0.190 e. The number of nitrogens with zero attached hydrogens (tertiary/aromatic N) is 1. The summed E-state index contributed by atoms with van der Waals surface area (Å²) < 4.78 is 5.32. The zero-order valence-electron chi connectivity index (χ0n) is 13.4. The summed E-state index contributed by atoms with van der Waals surface area (Å²) in [4.78, 5) is 4.25. The molecule has 0 heterocycles. The molecule has 0 bridgehead atoms. The lowest BCUT2D eigenvalue weighted by Gasteiger charge is -2.13. The number of nitrogens with one attached hydrogen (secondary N) is 2. The van der Waals surface area contributed by atoms with Gasteiger partial charge >= 0.3 is 0 Å². The van der Waals surface area contributed by atoms with E-state index < -0.39 is 0 Å². The average molecular weight is 283 g/mol. The van der Waals surface area contributed by atoms with Gasteiger partial charge in [-0.1, -0.05) is 25.7 Å². The fourth-order valence-electron chi connectivity index (χ4n) is 2.80. The first-order valence-electron chi connectivity index (χ1n) is 8.39. The number of rotatable bonds is 10. The molecule has 0 aromatic carbocycles. The number of aliphatic imine (C=N–C) groups is 1. The van der Waals surface area contributed by atoms with Gasteiger partial charge in [-0.3, -0.25) is 4.99 Å². The molecule has 1 saturated carbocycles. The van der Waals surface area contributed by atoms with Gasteiger partial charge in [0.25, 0.3) is 0 Å². The van der Waals surface area contributed by atoms with Crippen LogP contribution < -0.4 is 10.6 Å². The van der Waals surface area contributed by atoms with Crippen LogP contribution in [0.4, 0.5) is 0 Å². The Morgan fingerprint density at radius 3 is 2.45 bits per heavy atom. The van der Waals surface area contributed by atoms with E-state index in [0.717, 1.165) is 51.0 Å². The first-order chi connectivity index (χ1) is 9.86. The predicted molar refractivity (Wildman–Crippen MR) is 86.3 cm³/mol. The standard InChI is InChI=1S/C16H33N3O/c1-3-20-14-7-6-12-18-16(17-2)19-13-8-11-15-9-4-5-10-15/h15H,3-14H2,1-2H3,(H2,17,18,19). The maximum Gasteiger partial charge on any atom is 0.190 e. The second-order valence-corrected chi connectivity index (χ2v) is 5.62. The van der Waals surface area contributed by atoms with E-state index in [4.69, 9.17) is 4.74 Å². The van der Waals surface area contributed by atoms with Crippen LogP contribution in [0.5, 0.6) is 0 Å². The predicted octanol–water partition coefficient (Wildman–Crippen LogP) is 2.94. The lowest BCUT2D eigenvalue weighted by atomic mass is 10.0. The minimum atomic E-state index is 0.817. The molecule has 1 aliphatic carbocycles. The average Bonchev–Trinajstić information content (AvgIpc) is 2.98. The molecule has 20 heavy (non-hydrogen) atoms. The van der Waals surface area contributed by atoms with E-state index in [1.165, 1.54) is 38.5 Å². The van der Waals surface area contributed by atoms with E-state index in [2.05, 4.69) is 15.6 Å². The number of ether oxygens (including phenoxy) is 1. The van der Waals surface area contributed by atoms with Crippen molar-refractivity contribution in [3.8, 4) is 0 Å². The molecule has 0 radical (unpaired) electrons. The Morgan fingerprint density at radius 1 is 1.10 bits per heavy atom. The Balaban J connectivity index is 1.93. The molecule has 0 aromatic rings. The normalized spacial score (nSPS) is 16.6. The molecule has 0 amide bonds. The zero-order valence-corrected chi connectivity index (χ0v) is 13.4. The summed E-state index contributed by atoms with van der Waals surface area (Å²) in [6.45, 7) is 5.73. The Kier molecular flexibility index (Phi) is 10.4. The van der Waals surface area contributed by atoms with Gasteiger partial charge in [0.2, 0.25) is 0 Å². The van der Waals surface area contributed by atoms with Crippen LogP contribution in [0.3, 0.4) is 0 Å². The third-order valence-corrected chi connectivity index (χ3v) is 3.99. The van der Waals surface area contributed by atoms with Crippen molar-refractivity contribution in [2.75, 3.05) is 33.4 Å². The summed E-state index contributed by atoms with van der Waals surface area (Å²) >= 11 is 0. The van der Waals surface area contributed by atoms with Crippen LogP contribution in [0.1, 0.15) is 58.3 Å². The molecule has 0 aromatic heterocycles. The number of hydrogen-bond acceptors (Lipinski definition) is 2. The summed E-state index contributed by atoms with van der Waals surface area (Å²) in [5.74, 6) is 1.93. The molecule has 0 saturated heterocycles. The zero-order chi connectivity index (χ0) is 14.5. The van der Waals surface area contributed by atoms with Crippen molar-refractivity contribution in [1.29, 1.82) is 0 Å². The molecule has 0 unspecified atom stereocenters. The fourth-order valence-corrected chi connectivity index (χ4v) is 2.80. The maximum absolute atomic E-state index is 5.32. The topological polar surface area (TPSA) is 45.6 Å². The van der Waals surface area contributed by atoms with Crippen molar-refractivity contribution in [2.45, 2.75) is 58.3 Å². The Labute approximate surface area is 124 Å². The van der Waals surface area contributed by atoms with Crippen molar-refractivity contribution >= 4 is 5.96 Å². The molecule has 0 spiro atoms. The van der Waals surface area contributed by atoms with Gasteiger partial charge < -0.3 is 15.4 Å². The summed E-state index contributed by atoms with van der Waals surface area (Å²) in [7, 11) is 1.84. The molecule has 1 aliphatic rings. The monoisotopic (exact) mass is 283 g/mol. The van der Waals surface area contributed by atoms with Gasteiger partial charge in [0.05, 0.1) is 0 Å². The molecule has 2 N–H and O–H groups in total. The number of hydrogen-bond donors (Lipinski definition) is 2. The molecule has 4 nitrogen and oxygen atoms in total. The summed E-state index contributed by atoms with van der Waals surface area (Å²) in [5.41, 5.74) is 0. The maximum atomic E-state index is 5.32. The van der Waals surface area contributed by atoms with Crippen molar-refractivity contribution in [3.05, 3.63) is 0 Å². The Hall–Kier alpha value is -0.770. The lowest BCUT2D eigenvalue weighted by molar-refractivity contribution is 0.143. The molecule has 0 aliphatic heterocycles. The van der Waals surface area contributed by atoms with E-state index in [0.29, 0.717) is 0 Å². The highest BCUT2D eigenvalue weighted by Crippen LogP contribution is 2.28. The van der Waals surface area contributed by atoms with Gasteiger partial charge in [-0.2, -0.15) is 0 Å². The Bertz CT molecular complexity index is 250. The van der Waals surface area contributed by atoms with Crippen molar-refractivity contribution in [2.24, 2.45) is 10.9 Å². The van der Waals surface area contributed by atoms with Crippen molar-refractivity contribution < 1.29 is 4.74 Å². The summed E-state index contributed by atoms with van der Waals surface area (Å²) in [6, 6.07) is 0. The molecular weight excluding hydrogens is 250 g/mol. The third-order valence-electron chi connectivity index (χ3n) is 3.99. The first-order valence-corrected chi connectivity index (χ1v) is 8.39. The minimum absolute atomic E-state index is 0.817. The van der Waals surface area contributed by atoms with Crippen LogP contribution in [0, 0.1) is 5.92 Å². The van der Waals surface area contributed by atoms with Crippen LogP contribution in [0.25, 0.3) is 0 Å². The van der Waals surface area contributed by atoms with Crippen LogP contribution in [-0.2, 0) is 4.74 Å². The third kappa shape index (κ3) is 8.41. The highest BCUT2D eigenvalue weighted by atomic mass is 16.5. The van der Waals surface area contributed by atoms with Gasteiger partial charge in [-0.25, -0.2) is 0 Å². The van der Waals surface area contributed by atoms with E-state index in [1.807, 2.05) is 14.0 Å². The van der Waals surface area contributed by atoms with Gasteiger partial charge in [0.1, 0.15) is 0 Å². The highest BCUT2D eigenvalue weighted by Gasteiger charge is 2.13. The van der Waals surface area contributed by atoms with Crippen molar-refractivity contribution in [3.63, 3.8) is 0 Å². The highest BCUT2D eigenvalue weighted by molar-refractivity contribution is 5.79. The number of unbranched alkanes of at least 4 members (excludes halogenated alkanes) is 1. The largest absolute Gasteiger partial charge is 0.382 e. The van der Waals surface area contributed by atoms with E-state index in [-0.39, 0.29) is 0 Å². The van der Waals surface area contributed by atoms with Gasteiger partial charge in [-0.05, 0) is 38.5 Å². The van der Waals surface area contributed by atoms with Gasteiger partial charge in [-0.15, -0.1) is 0 Å². The molecule has 0 atom stereocenters. The van der Waals surface area contributed by atoms with E-state index in [1.54, 1.807) is 0 Å². The van der Waals surface area contributed by atoms with E-state index in [9.17, 15) is 0 Å². The van der Waals surface area contributed by atoms with E-state index >= 15 is 0 Å². The minimum Gasteiger partial charge on any atom is -0.382 e. The van der Waals surface area contributed by atoms with Gasteiger partial charge in [0, 0.05) is 33.4 Å². The molecular formula is C16H33N3O. The SMILES string of the molecule is CCOCCCCNC(=NC)NCCCC1CCCC1. The van der Waals surface area contributed by atoms with Gasteiger partial charge in [0.15, 0.2) is 5.96 Å². The van der Waals surface area contributed by atoms with Crippen LogP contribution in [0.15, 0.2) is 4.99 Å².